The average molecular weight is 305 g/mol. The van der Waals surface area contributed by atoms with Gasteiger partial charge < -0.3 is 14.7 Å². The molecule has 0 spiro atoms. The highest BCUT2D eigenvalue weighted by atomic mass is 16.5. The first-order valence-corrected chi connectivity index (χ1v) is 8.15. The summed E-state index contributed by atoms with van der Waals surface area (Å²) in [6.07, 6.45) is 0.594. The van der Waals surface area contributed by atoms with Crippen molar-refractivity contribution in [2.45, 2.75) is 59.1 Å². The Labute approximate surface area is 133 Å². The van der Waals surface area contributed by atoms with Gasteiger partial charge >= 0.3 is 5.97 Å². The Morgan fingerprint density at radius 1 is 1.36 bits per heavy atom. The van der Waals surface area contributed by atoms with Gasteiger partial charge in [0.2, 0.25) is 0 Å². The summed E-state index contributed by atoms with van der Waals surface area (Å²) in [5, 5.41) is 9.57. The van der Waals surface area contributed by atoms with E-state index in [4.69, 9.17) is 4.74 Å². The Morgan fingerprint density at radius 3 is 2.55 bits per heavy atom. The number of ether oxygens (including phenoxy) is 1. The molecule has 1 heterocycles. The summed E-state index contributed by atoms with van der Waals surface area (Å²) in [5.74, 6) is 0.772. The van der Waals surface area contributed by atoms with E-state index in [1.165, 1.54) is 5.56 Å². The summed E-state index contributed by atoms with van der Waals surface area (Å²) in [7, 11) is 0. The van der Waals surface area contributed by atoms with Crippen LogP contribution in [0.25, 0.3) is 0 Å². The third-order valence-corrected chi connectivity index (χ3v) is 4.41. The van der Waals surface area contributed by atoms with E-state index in [9.17, 15) is 9.90 Å². The van der Waals surface area contributed by atoms with Crippen molar-refractivity contribution in [3.8, 4) is 5.75 Å². The van der Waals surface area contributed by atoms with Crippen molar-refractivity contribution in [2.75, 3.05) is 11.4 Å². The number of hydrogen-bond donors (Lipinski definition) is 1. The molecule has 1 aromatic rings. The van der Waals surface area contributed by atoms with Crippen LogP contribution in [-0.4, -0.2) is 29.8 Å². The molecule has 0 radical (unpaired) electrons. The van der Waals surface area contributed by atoms with Crippen LogP contribution in [0, 0.1) is 5.92 Å². The maximum Gasteiger partial charge on any atom is 0.326 e. The molecule has 122 valence electrons. The predicted octanol–water partition coefficient (Wildman–Crippen LogP) is 3.90. The molecule has 4 heteroatoms. The third-order valence-electron chi connectivity index (χ3n) is 4.41. The fourth-order valence-corrected chi connectivity index (χ4v) is 2.88. The molecule has 2 atom stereocenters. The van der Waals surface area contributed by atoms with Crippen molar-refractivity contribution < 1.29 is 14.6 Å². The van der Waals surface area contributed by atoms with E-state index < -0.39 is 12.0 Å². The molecular formula is C18H27NO3. The number of nitrogens with zero attached hydrogens (tertiary/aromatic N) is 1. The summed E-state index contributed by atoms with van der Waals surface area (Å²) < 4.78 is 6.10. The molecule has 1 N–H and O–H groups in total. The highest BCUT2D eigenvalue weighted by Gasteiger charge is 2.34. The maximum atomic E-state index is 11.7. The lowest BCUT2D eigenvalue weighted by Crippen LogP contribution is -2.50. The number of benzene rings is 1. The van der Waals surface area contributed by atoms with Gasteiger partial charge in [0, 0.05) is 0 Å². The molecule has 2 rings (SSSR count). The molecule has 0 saturated carbocycles. The molecule has 0 amide bonds. The van der Waals surface area contributed by atoms with Crippen molar-refractivity contribution in [1.82, 2.24) is 0 Å². The Balaban J connectivity index is 2.47. The van der Waals surface area contributed by atoms with E-state index in [1.807, 2.05) is 17.9 Å². The molecule has 0 aromatic heterocycles. The highest BCUT2D eigenvalue weighted by molar-refractivity contribution is 5.80. The molecular weight excluding hydrogens is 278 g/mol. The van der Waals surface area contributed by atoms with E-state index >= 15 is 0 Å². The fraction of sp³-hybridized carbons (Fsp3) is 0.611. The van der Waals surface area contributed by atoms with Crippen LogP contribution in [-0.2, 0) is 4.79 Å². The zero-order valence-electron chi connectivity index (χ0n) is 14.2. The predicted molar refractivity (Wildman–Crippen MR) is 88.8 cm³/mol. The molecule has 2 unspecified atom stereocenters. The number of carbonyl (C=O) groups is 1. The Kier molecular flexibility index (Phi) is 4.99. The second kappa shape index (κ2) is 6.59. The van der Waals surface area contributed by atoms with Crippen LogP contribution < -0.4 is 9.64 Å². The minimum atomic E-state index is -0.771. The van der Waals surface area contributed by atoms with Gasteiger partial charge in [0.1, 0.15) is 17.9 Å². The summed E-state index contributed by atoms with van der Waals surface area (Å²) >= 11 is 0. The van der Waals surface area contributed by atoms with E-state index in [0.717, 1.165) is 11.4 Å². The lowest BCUT2D eigenvalue weighted by Gasteiger charge is -2.41. The zero-order chi connectivity index (χ0) is 16.4. The van der Waals surface area contributed by atoms with Gasteiger partial charge in [0.05, 0.1) is 12.2 Å². The molecule has 0 aliphatic carbocycles. The van der Waals surface area contributed by atoms with E-state index in [0.29, 0.717) is 24.8 Å². The average Bonchev–Trinajstić information content (AvgIpc) is 2.46. The number of anilines is 1. The van der Waals surface area contributed by atoms with Crippen LogP contribution in [0.15, 0.2) is 18.2 Å². The molecule has 1 aliphatic heterocycles. The topological polar surface area (TPSA) is 49.8 Å². The van der Waals surface area contributed by atoms with Crippen LogP contribution in [0.3, 0.4) is 0 Å². The molecule has 0 fully saturated rings. The molecule has 0 bridgehead atoms. The monoisotopic (exact) mass is 305 g/mol. The van der Waals surface area contributed by atoms with E-state index in [2.05, 4.69) is 39.8 Å². The summed E-state index contributed by atoms with van der Waals surface area (Å²) in [5.41, 5.74) is 2.12. The minimum Gasteiger partial charge on any atom is -0.486 e. The van der Waals surface area contributed by atoms with Crippen LogP contribution >= 0.6 is 0 Å². The quantitative estimate of drug-likeness (QED) is 0.896. The minimum absolute atomic E-state index is 0.0193. The Morgan fingerprint density at radius 2 is 2.05 bits per heavy atom. The molecule has 1 aliphatic rings. The van der Waals surface area contributed by atoms with E-state index in [-0.39, 0.29) is 6.10 Å². The van der Waals surface area contributed by atoms with Crippen LogP contribution in [0.1, 0.15) is 52.5 Å². The molecule has 4 nitrogen and oxygen atoms in total. The second-order valence-corrected chi connectivity index (χ2v) is 6.70. The number of rotatable bonds is 5. The molecule has 0 saturated heterocycles. The Bertz CT molecular complexity index is 539. The zero-order valence-corrected chi connectivity index (χ0v) is 14.2. The van der Waals surface area contributed by atoms with Gasteiger partial charge in [-0.05, 0) is 36.0 Å². The van der Waals surface area contributed by atoms with Crippen LogP contribution in [0.4, 0.5) is 5.69 Å². The van der Waals surface area contributed by atoms with Crippen molar-refractivity contribution in [3.05, 3.63) is 23.8 Å². The smallest absolute Gasteiger partial charge is 0.326 e. The largest absolute Gasteiger partial charge is 0.486 e. The maximum absolute atomic E-state index is 11.7. The van der Waals surface area contributed by atoms with Crippen LogP contribution in [0.5, 0.6) is 5.75 Å². The van der Waals surface area contributed by atoms with Gasteiger partial charge in [-0.3, -0.25) is 0 Å². The Hall–Kier alpha value is -1.71. The lowest BCUT2D eigenvalue weighted by molar-refractivity contribution is -0.138. The van der Waals surface area contributed by atoms with Gasteiger partial charge in [0.15, 0.2) is 0 Å². The molecule has 1 aromatic carbocycles. The lowest BCUT2D eigenvalue weighted by atomic mass is 9.98. The standard InChI is InChI=1S/C18H27NO3/c1-6-14(18(20)21)19-10-17(12(4)5)22-16-8-7-13(11(2)3)9-15(16)19/h7-9,11-12,14,17H,6,10H2,1-5H3,(H,20,21). The second-order valence-electron chi connectivity index (χ2n) is 6.70. The summed E-state index contributed by atoms with van der Waals surface area (Å²) in [4.78, 5) is 13.7. The van der Waals surface area contributed by atoms with Gasteiger partial charge in [-0.1, -0.05) is 40.7 Å². The van der Waals surface area contributed by atoms with Gasteiger partial charge in [-0.25, -0.2) is 4.79 Å². The van der Waals surface area contributed by atoms with Crippen molar-refractivity contribution >= 4 is 11.7 Å². The normalized spacial score (nSPS) is 19.0. The van der Waals surface area contributed by atoms with Gasteiger partial charge in [0.25, 0.3) is 0 Å². The highest BCUT2D eigenvalue weighted by Crippen LogP contribution is 2.38. The SMILES string of the molecule is CCC(C(=O)O)N1CC(C(C)C)Oc2ccc(C(C)C)cc21. The van der Waals surface area contributed by atoms with Gasteiger partial charge in [-0.15, -0.1) is 0 Å². The number of carboxylic acids is 1. The van der Waals surface area contributed by atoms with Crippen LogP contribution in [0.2, 0.25) is 0 Å². The van der Waals surface area contributed by atoms with Crippen molar-refractivity contribution in [3.63, 3.8) is 0 Å². The van der Waals surface area contributed by atoms with Crippen molar-refractivity contribution in [1.29, 1.82) is 0 Å². The fourth-order valence-electron chi connectivity index (χ4n) is 2.88. The molecule has 22 heavy (non-hydrogen) atoms. The first-order valence-electron chi connectivity index (χ1n) is 8.15. The van der Waals surface area contributed by atoms with Gasteiger partial charge in [-0.2, -0.15) is 0 Å². The van der Waals surface area contributed by atoms with E-state index in [1.54, 1.807) is 0 Å². The summed E-state index contributed by atoms with van der Waals surface area (Å²) in [6, 6.07) is 5.64. The van der Waals surface area contributed by atoms with Crippen molar-refractivity contribution in [2.24, 2.45) is 5.92 Å². The number of carboxylic acid groups (broad SMARTS) is 1. The number of fused-ring (bicyclic) bond motifs is 1. The summed E-state index contributed by atoms with van der Waals surface area (Å²) in [6.45, 7) is 11.0. The first-order chi connectivity index (χ1) is 10.3. The number of hydrogen-bond acceptors (Lipinski definition) is 3. The number of aliphatic carboxylic acids is 1. The first kappa shape index (κ1) is 16.7. The third kappa shape index (κ3) is 3.21.